The first-order valence-electron chi connectivity index (χ1n) is 10.4. The minimum atomic E-state index is 0.842. The second-order valence-corrected chi connectivity index (χ2v) is 8.29. The maximum Gasteiger partial charge on any atom is -0.0162 e. The molecule has 2 aliphatic carbocycles. The van der Waals surface area contributed by atoms with Crippen molar-refractivity contribution < 1.29 is 0 Å². The van der Waals surface area contributed by atoms with Crippen LogP contribution in [0.25, 0.3) is 0 Å². The first kappa shape index (κ1) is 17.1. The van der Waals surface area contributed by atoms with Crippen LogP contribution < -0.4 is 0 Å². The van der Waals surface area contributed by atoms with Gasteiger partial charge in [0.1, 0.15) is 0 Å². The Hall–Kier alpha value is -0.780. The van der Waals surface area contributed by atoms with Gasteiger partial charge in [-0.3, -0.25) is 0 Å². The van der Waals surface area contributed by atoms with Gasteiger partial charge in [-0.1, -0.05) is 63.8 Å². The Balaban J connectivity index is 1.48. The van der Waals surface area contributed by atoms with Crippen LogP contribution in [-0.4, -0.2) is 0 Å². The number of benzene rings is 1. The van der Waals surface area contributed by atoms with Gasteiger partial charge in [0.05, 0.1) is 0 Å². The van der Waals surface area contributed by atoms with E-state index in [-0.39, 0.29) is 0 Å². The average Bonchev–Trinajstić information content (AvgIpc) is 2.63. The fraction of sp³-hybridized carbons (Fsp3) is 0.739. The Morgan fingerprint density at radius 2 is 1.30 bits per heavy atom. The van der Waals surface area contributed by atoms with E-state index in [0.29, 0.717) is 0 Å². The number of hydrogen-bond donors (Lipinski definition) is 0. The molecule has 0 saturated heterocycles. The van der Waals surface area contributed by atoms with Gasteiger partial charge in [-0.25, -0.2) is 0 Å². The van der Waals surface area contributed by atoms with Crippen LogP contribution >= 0.6 is 0 Å². The minimum absolute atomic E-state index is 0.842. The van der Waals surface area contributed by atoms with Crippen LogP contribution in [0.1, 0.15) is 95.1 Å². The molecule has 0 aromatic heterocycles. The summed E-state index contributed by atoms with van der Waals surface area (Å²) in [5.41, 5.74) is 3.12. The molecule has 0 amide bonds. The lowest BCUT2D eigenvalue weighted by atomic mass is 9.68. The maximum atomic E-state index is 2.42. The van der Waals surface area contributed by atoms with Gasteiger partial charge >= 0.3 is 0 Å². The highest BCUT2D eigenvalue weighted by Crippen LogP contribution is 2.44. The third-order valence-corrected chi connectivity index (χ3v) is 6.90. The van der Waals surface area contributed by atoms with Crippen molar-refractivity contribution in [2.75, 3.05) is 0 Å². The molecule has 0 heteroatoms. The van der Waals surface area contributed by atoms with Crippen molar-refractivity contribution in [2.24, 2.45) is 17.8 Å². The second kappa shape index (κ2) is 8.36. The normalized spacial score (nSPS) is 31.9. The van der Waals surface area contributed by atoms with Crippen LogP contribution in [-0.2, 0) is 6.42 Å². The largest absolute Gasteiger partial charge is 0.0651 e. The molecule has 0 aliphatic heterocycles. The summed E-state index contributed by atoms with van der Waals surface area (Å²) < 4.78 is 0. The minimum Gasteiger partial charge on any atom is -0.0651 e. The molecule has 2 aliphatic rings. The molecule has 1 aromatic carbocycles. The third kappa shape index (κ3) is 4.40. The number of rotatable bonds is 5. The van der Waals surface area contributed by atoms with Gasteiger partial charge in [-0.2, -0.15) is 0 Å². The molecule has 0 spiro atoms. The standard InChI is InChI=1S/C23H36/c1-3-5-19-8-12-21(13-9-19)23-16-14-22(15-17-23)20-10-6-18(4-2)7-11-20/h8-9,12-13,18,20,22-23H,3-7,10-11,14-17H2,1-2H3/t18-,20-,22-,23-. The maximum absolute atomic E-state index is 2.42. The van der Waals surface area contributed by atoms with E-state index in [4.69, 9.17) is 0 Å². The third-order valence-electron chi connectivity index (χ3n) is 6.90. The van der Waals surface area contributed by atoms with Gasteiger partial charge in [0.25, 0.3) is 0 Å². The van der Waals surface area contributed by atoms with Crippen LogP contribution in [0.2, 0.25) is 0 Å². The van der Waals surface area contributed by atoms with Crippen LogP contribution in [0, 0.1) is 17.8 Å². The molecule has 1 aromatic rings. The summed E-state index contributed by atoms with van der Waals surface area (Å²) in [5, 5.41) is 0. The molecule has 128 valence electrons. The van der Waals surface area contributed by atoms with Crippen LogP contribution in [0.4, 0.5) is 0 Å². The zero-order valence-electron chi connectivity index (χ0n) is 15.4. The summed E-state index contributed by atoms with van der Waals surface area (Å²) >= 11 is 0. The van der Waals surface area contributed by atoms with Gasteiger partial charge in [0.2, 0.25) is 0 Å². The summed E-state index contributed by atoms with van der Waals surface area (Å²) in [5.74, 6) is 3.99. The summed E-state index contributed by atoms with van der Waals surface area (Å²) in [6.45, 7) is 4.64. The molecule has 0 atom stereocenters. The monoisotopic (exact) mass is 312 g/mol. The molecule has 2 saturated carbocycles. The summed E-state index contributed by atoms with van der Waals surface area (Å²) in [7, 11) is 0. The molecule has 0 bridgehead atoms. The molecule has 3 rings (SSSR count). The summed E-state index contributed by atoms with van der Waals surface area (Å²) in [6, 6.07) is 9.58. The van der Waals surface area contributed by atoms with E-state index in [1.54, 1.807) is 5.56 Å². The van der Waals surface area contributed by atoms with Crippen molar-refractivity contribution in [1.82, 2.24) is 0 Å². The topological polar surface area (TPSA) is 0 Å². The lowest BCUT2D eigenvalue weighted by Gasteiger charge is -2.38. The predicted octanol–water partition coefficient (Wildman–Crippen LogP) is 7.13. The Labute approximate surface area is 144 Å². The number of aryl methyl sites for hydroxylation is 1. The summed E-state index contributed by atoms with van der Waals surface area (Å²) in [6.07, 6.45) is 15.8. The van der Waals surface area contributed by atoms with Crippen molar-refractivity contribution in [3.63, 3.8) is 0 Å². The molecule has 2 fully saturated rings. The molecule has 0 N–H and O–H groups in total. The van der Waals surface area contributed by atoms with Crippen LogP contribution in [0.3, 0.4) is 0 Å². The summed E-state index contributed by atoms with van der Waals surface area (Å²) in [4.78, 5) is 0. The SMILES string of the molecule is CCCc1ccc([C@H]2CC[C@H]([C@H]3CC[C@H](CC)CC3)CC2)cc1. The first-order valence-corrected chi connectivity index (χ1v) is 10.4. The Bertz CT molecular complexity index is 441. The van der Waals surface area contributed by atoms with Gasteiger partial charge in [0, 0.05) is 0 Å². The van der Waals surface area contributed by atoms with Crippen molar-refractivity contribution in [3.8, 4) is 0 Å². The average molecular weight is 313 g/mol. The highest BCUT2D eigenvalue weighted by molar-refractivity contribution is 5.25. The van der Waals surface area contributed by atoms with E-state index in [1.165, 1.54) is 76.2 Å². The Morgan fingerprint density at radius 1 is 0.739 bits per heavy atom. The van der Waals surface area contributed by atoms with E-state index in [2.05, 4.69) is 38.1 Å². The Morgan fingerprint density at radius 3 is 1.83 bits per heavy atom. The molecule has 0 nitrogen and oxygen atoms in total. The lowest BCUT2D eigenvalue weighted by Crippen LogP contribution is -2.25. The predicted molar refractivity (Wildman–Crippen MR) is 101 cm³/mol. The molecular weight excluding hydrogens is 276 g/mol. The molecule has 0 radical (unpaired) electrons. The van der Waals surface area contributed by atoms with Gasteiger partial charge < -0.3 is 0 Å². The lowest BCUT2D eigenvalue weighted by molar-refractivity contribution is 0.158. The quantitative estimate of drug-likeness (QED) is 0.542. The van der Waals surface area contributed by atoms with Gasteiger partial charge in [-0.15, -0.1) is 0 Å². The molecule has 0 unspecified atom stereocenters. The van der Waals surface area contributed by atoms with E-state index in [0.717, 1.165) is 23.7 Å². The van der Waals surface area contributed by atoms with Crippen molar-refractivity contribution >= 4 is 0 Å². The second-order valence-electron chi connectivity index (χ2n) is 8.29. The van der Waals surface area contributed by atoms with E-state index >= 15 is 0 Å². The van der Waals surface area contributed by atoms with Crippen LogP contribution in [0.15, 0.2) is 24.3 Å². The highest BCUT2D eigenvalue weighted by atomic mass is 14.4. The first-order chi connectivity index (χ1) is 11.3. The molecule has 23 heavy (non-hydrogen) atoms. The van der Waals surface area contributed by atoms with Crippen molar-refractivity contribution in [2.45, 2.75) is 90.4 Å². The highest BCUT2D eigenvalue weighted by Gasteiger charge is 2.30. The van der Waals surface area contributed by atoms with Crippen molar-refractivity contribution in [3.05, 3.63) is 35.4 Å². The van der Waals surface area contributed by atoms with Crippen molar-refractivity contribution in [1.29, 1.82) is 0 Å². The molecular formula is C23H36. The number of hydrogen-bond acceptors (Lipinski definition) is 0. The van der Waals surface area contributed by atoms with Crippen LogP contribution in [0.5, 0.6) is 0 Å². The van der Waals surface area contributed by atoms with E-state index in [9.17, 15) is 0 Å². The fourth-order valence-corrected chi connectivity index (χ4v) is 5.24. The fourth-order valence-electron chi connectivity index (χ4n) is 5.24. The van der Waals surface area contributed by atoms with E-state index < -0.39 is 0 Å². The van der Waals surface area contributed by atoms with Gasteiger partial charge in [0.15, 0.2) is 0 Å². The Kier molecular flexibility index (Phi) is 6.20. The zero-order chi connectivity index (χ0) is 16.1. The molecule has 0 heterocycles. The van der Waals surface area contributed by atoms with E-state index in [1.807, 2.05) is 0 Å². The van der Waals surface area contributed by atoms with Gasteiger partial charge in [-0.05, 0) is 79.7 Å². The smallest absolute Gasteiger partial charge is 0.0162 e. The zero-order valence-corrected chi connectivity index (χ0v) is 15.4.